The Kier molecular flexibility index (Phi) is 6.14. The Morgan fingerprint density at radius 1 is 1.00 bits per heavy atom. The van der Waals surface area contributed by atoms with Gasteiger partial charge in [0.25, 0.3) is 5.89 Å². The number of carbonyl (C=O) groups excluding carboxylic acids is 1. The first-order valence-corrected chi connectivity index (χ1v) is 11.8. The lowest BCUT2D eigenvalue weighted by Gasteiger charge is -2.35. The van der Waals surface area contributed by atoms with Crippen molar-refractivity contribution in [1.82, 2.24) is 20.4 Å². The van der Waals surface area contributed by atoms with E-state index in [2.05, 4.69) is 10.5 Å². The maximum atomic E-state index is 13.3. The number of carbonyl (C=O) groups is 1. The zero-order valence-corrected chi connectivity index (χ0v) is 20.5. The fourth-order valence-electron chi connectivity index (χ4n) is 4.30. The fourth-order valence-corrected chi connectivity index (χ4v) is 4.49. The molecule has 1 aromatic heterocycles. The Balaban J connectivity index is 1.61. The quantitative estimate of drug-likeness (QED) is 0.342. The fraction of sp³-hybridized carbons (Fsp3) is 0.179. The van der Waals surface area contributed by atoms with Crippen LogP contribution < -0.4 is 5.32 Å². The van der Waals surface area contributed by atoms with Gasteiger partial charge >= 0.3 is 6.03 Å². The van der Waals surface area contributed by atoms with Crippen molar-refractivity contribution >= 4 is 23.2 Å². The number of amides is 2. The van der Waals surface area contributed by atoms with E-state index in [1.807, 2.05) is 87.5 Å². The van der Waals surface area contributed by atoms with Crippen LogP contribution in [0.3, 0.4) is 0 Å². The third kappa shape index (κ3) is 4.57. The Morgan fingerprint density at radius 3 is 2.51 bits per heavy atom. The number of hydrogen-bond acceptors (Lipinski definition) is 4. The van der Waals surface area contributed by atoms with Crippen molar-refractivity contribution in [2.45, 2.75) is 33.4 Å². The summed E-state index contributed by atoms with van der Waals surface area (Å²) in [7, 11) is 0. The average Bonchev–Trinajstić information content (AvgIpc) is 3.32. The maximum Gasteiger partial charge on any atom is 0.322 e. The van der Waals surface area contributed by atoms with Crippen LogP contribution in [0.5, 0.6) is 0 Å². The number of hydrogen-bond donors (Lipinski definition) is 1. The summed E-state index contributed by atoms with van der Waals surface area (Å²) in [5.41, 5.74) is 6.52. The summed E-state index contributed by atoms with van der Waals surface area (Å²) in [5.74, 6) is 0.852. The molecule has 1 N–H and O–H groups in total. The summed E-state index contributed by atoms with van der Waals surface area (Å²) >= 11 is 6.29. The molecule has 5 rings (SSSR count). The molecule has 4 aromatic rings. The number of aryl methyl sites for hydroxylation is 2. The van der Waals surface area contributed by atoms with Crippen LogP contribution in [0.2, 0.25) is 5.02 Å². The normalized spacial score (nSPS) is 15.9. The van der Waals surface area contributed by atoms with Gasteiger partial charge in [-0.2, -0.15) is 4.98 Å². The van der Waals surface area contributed by atoms with Crippen molar-refractivity contribution in [2.24, 2.45) is 0 Å². The van der Waals surface area contributed by atoms with Gasteiger partial charge in [-0.1, -0.05) is 83.0 Å². The SMILES string of the molecule is CC1=C(c2nc(-c3ccc(C)cc3)no2)C(c2cccc(Cl)c2)NC(=O)N1Cc1ccccc1C. The molecule has 0 bridgehead atoms. The van der Waals surface area contributed by atoms with E-state index in [0.29, 0.717) is 23.3 Å². The van der Waals surface area contributed by atoms with Crippen molar-refractivity contribution < 1.29 is 9.32 Å². The first-order valence-electron chi connectivity index (χ1n) is 11.4. The predicted molar refractivity (Wildman–Crippen MR) is 137 cm³/mol. The summed E-state index contributed by atoms with van der Waals surface area (Å²) < 4.78 is 5.77. The predicted octanol–water partition coefficient (Wildman–Crippen LogP) is 6.70. The van der Waals surface area contributed by atoms with Gasteiger partial charge in [-0.15, -0.1) is 0 Å². The zero-order valence-electron chi connectivity index (χ0n) is 19.7. The van der Waals surface area contributed by atoms with Gasteiger partial charge in [0, 0.05) is 16.3 Å². The monoisotopic (exact) mass is 484 g/mol. The van der Waals surface area contributed by atoms with Crippen LogP contribution >= 0.6 is 11.6 Å². The molecular formula is C28H25ClN4O2. The van der Waals surface area contributed by atoms with Crippen LogP contribution in [0.25, 0.3) is 17.0 Å². The molecule has 6 nitrogen and oxygen atoms in total. The number of benzene rings is 3. The van der Waals surface area contributed by atoms with Crippen LogP contribution in [0.4, 0.5) is 4.79 Å². The van der Waals surface area contributed by atoms with Gasteiger partial charge in [0.2, 0.25) is 5.82 Å². The van der Waals surface area contributed by atoms with Gasteiger partial charge in [0.15, 0.2) is 0 Å². The third-order valence-corrected chi connectivity index (χ3v) is 6.57. The molecule has 0 fully saturated rings. The molecule has 2 heterocycles. The minimum Gasteiger partial charge on any atom is -0.334 e. The Morgan fingerprint density at radius 2 is 1.77 bits per heavy atom. The molecule has 35 heavy (non-hydrogen) atoms. The molecule has 0 radical (unpaired) electrons. The molecule has 7 heteroatoms. The van der Waals surface area contributed by atoms with Crippen LogP contribution in [-0.2, 0) is 6.54 Å². The highest BCUT2D eigenvalue weighted by Crippen LogP contribution is 2.38. The molecule has 1 unspecified atom stereocenters. The van der Waals surface area contributed by atoms with E-state index in [4.69, 9.17) is 21.1 Å². The molecular weight excluding hydrogens is 460 g/mol. The number of allylic oxidation sites excluding steroid dienone is 1. The van der Waals surface area contributed by atoms with Gasteiger partial charge in [-0.3, -0.25) is 4.90 Å². The lowest BCUT2D eigenvalue weighted by molar-refractivity contribution is 0.203. The van der Waals surface area contributed by atoms with Crippen molar-refractivity contribution in [3.05, 3.63) is 112 Å². The van der Waals surface area contributed by atoms with E-state index in [1.165, 1.54) is 0 Å². The average molecular weight is 485 g/mol. The Hall–Kier alpha value is -3.90. The molecule has 3 aromatic carbocycles. The van der Waals surface area contributed by atoms with Crippen LogP contribution in [-0.4, -0.2) is 21.1 Å². The number of rotatable bonds is 5. The molecule has 1 atom stereocenters. The second-order valence-electron chi connectivity index (χ2n) is 8.74. The van der Waals surface area contributed by atoms with E-state index < -0.39 is 6.04 Å². The first-order chi connectivity index (χ1) is 16.9. The number of urea groups is 1. The topological polar surface area (TPSA) is 71.3 Å². The number of aromatic nitrogens is 2. The highest BCUT2D eigenvalue weighted by Gasteiger charge is 2.36. The number of nitrogens with zero attached hydrogens (tertiary/aromatic N) is 3. The molecule has 0 saturated carbocycles. The van der Waals surface area contributed by atoms with E-state index in [0.717, 1.165) is 39.1 Å². The van der Waals surface area contributed by atoms with Crippen molar-refractivity contribution in [3.8, 4) is 11.4 Å². The molecule has 1 aliphatic rings. The third-order valence-electron chi connectivity index (χ3n) is 6.33. The minimum absolute atomic E-state index is 0.197. The summed E-state index contributed by atoms with van der Waals surface area (Å²) in [6.45, 7) is 6.41. The molecule has 0 saturated heterocycles. The molecule has 2 amide bonds. The molecule has 0 aliphatic carbocycles. The molecule has 1 aliphatic heterocycles. The lowest BCUT2D eigenvalue weighted by Crippen LogP contribution is -2.45. The van der Waals surface area contributed by atoms with Gasteiger partial charge in [0.1, 0.15) is 0 Å². The lowest BCUT2D eigenvalue weighted by atomic mass is 9.94. The highest BCUT2D eigenvalue weighted by molar-refractivity contribution is 6.30. The van der Waals surface area contributed by atoms with E-state index in [1.54, 1.807) is 11.0 Å². The van der Waals surface area contributed by atoms with Crippen molar-refractivity contribution in [3.63, 3.8) is 0 Å². The number of halogens is 1. The van der Waals surface area contributed by atoms with Crippen LogP contribution in [0.1, 0.15) is 41.1 Å². The smallest absolute Gasteiger partial charge is 0.322 e. The van der Waals surface area contributed by atoms with Crippen LogP contribution in [0.15, 0.2) is 83.0 Å². The van der Waals surface area contributed by atoms with Gasteiger partial charge in [0.05, 0.1) is 18.2 Å². The Labute approximate surface area is 209 Å². The standard InChI is InChI=1S/C28H25ClN4O2/c1-17-11-13-20(14-12-17)26-31-27(35-32-26)24-19(3)33(16-22-8-5-4-7-18(22)2)28(34)30-25(24)21-9-6-10-23(29)15-21/h4-15,25H,16H2,1-3H3,(H,30,34). The van der Waals surface area contributed by atoms with E-state index in [9.17, 15) is 4.79 Å². The first kappa shape index (κ1) is 22.9. The van der Waals surface area contributed by atoms with Gasteiger partial charge in [-0.05, 0) is 49.6 Å². The van der Waals surface area contributed by atoms with Crippen molar-refractivity contribution in [2.75, 3.05) is 0 Å². The summed E-state index contributed by atoms with van der Waals surface area (Å²) in [4.78, 5) is 19.7. The number of nitrogens with one attached hydrogen (secondary N) is 1. The van der Waals surface area contributed by atoms with E-state index >= 15 is 0 Å². The minimum atomic E-state index is -0.486. The maximum absolute atomic E-state index is 13.3. The highest BCUT2D eigenvalue weighted by atomic mass is 35.5. The Bertz CT molecular complexity index is 1420. The van der Waals surface area contributed by atoms with Crippen molar-refractivity contribution in [1.29, 1.82) is 0 Å². The molecule has 0 spiro atoms. The summed E-state index contributed by atoms with van der Waals surface area (Å²) in [6, 6.07) is 22.7. The van der Waals surface area contributed by atoms with Crippen LogP contribution in [0, 0.1) is 13.8 Å². The zero-order chi connectivity index (χ0) is 24.5. The summed E-state index contributed by atoms with van der Waals surface area (Å²) in [6.07, 6.45) is 0. The van der Waals surface area contributed by atoms with E-state index in [-0.39, 0.29) is 6.03 Å². The second-order valence-corrected chi connectivity index (χ2v) is 9.17. The molecule has 176 valence electrons. The van der Waals surface area contributed by atoms with Gasteiger partial charge < -0.3 is 9.84 Å². The van der Waals surface area contributed by atoms with Gasteiger partial charge in [-0.25, -0.2) is 4.79 Å². The second kappa shape index (κ2) is 9.39. The largest absolute Gasteiger partial charge is 0.334 e. The summed E-state index contributed by atoms with van der Waals surface area (Å²) in [5, 5.41) is 7.95.